The van der Waals surface area contributed by atoms with E-state index >= 15 is 0 Å². The first-order chi connectivity index (χ1) is 40.0. The number of hydrogen-bond acceptors (Lipinski definition) is 6. The highest BCUT2D eigenvalue weighted by molar-refractivity contribution is 5.71. The maximum absolute atomic E-state index is 12.9. The first-order valence-electron chi connectivity index (χ1n) is 36.1. The summed E-state index contributed by atoms with van der Waals surface area (Å²) in [6.45, 7) is 6.64. The number of hydrogen-bond donors (Lipinski definition) is 0. The highest BCUT2D eigenvalue weighted by Gasteiger charge is 2.19. The van der Waals surface area contributed by atoms with Crippen LogP contribution in [-0.4, -0.2) is 37.2 Å². The summed E-state index contributed by atoms with van der Waals surface area (Å²) in [6, 6.07) is 0. The van der Waals surface area contributed by atoms with Crippen LogP contribution in [0.15, 0.2) is 48.6 Å². The number of allylic oxidation sites excluding steroid dienone is 8. The van der Waals surface area contributed by atoms with Crippen LogP contribution in [0, 0.1) is 0 Å². The van der Waals surface area contributed by atoms with Crippen LogP contribution in [0.3, 0.4) is 0 Å². The van der Waals surface area contributed by atoms with E-state index in [1.807, 2.05) is 0 Å². The van der Waals surface area contributed by atoms with Gasteiger partial charge in [-0.3, -0.25) is 14.4 Å². The van der Waals surface area contributed by atoms with Gasteiger partial charge in [0.1, 0.15) is 13.2 Å². The lowest BCUT2D eigenvalue weighted by Crippen LogP contribution is -2.30. The lowest BCUT2D eigenvalue weighted by atomic mass is 10.0. The standard InChI is InChI=1S/C75H138O6/c1-4-7-10-13-16-19-22-25-28-30-31-32-33-34-35-36-37-38-39-40-41-42-43-44-45-48-50-53-56-59-62-65-68-74(77)80-71-72(70-79-73(76)67-64-61-58-55-52-49-46-27-24-21-18-15-12-9-6-3)81-75(78)69-66-63-60-57-54-51-47-29-26-23-20-17-14-11-8-5-2/h18,20-21,23,27,29,46-47,72H,4-17,19,22,24-26,28,30-45,48-71H2,1-3H3/b21-18-,23-20-,46-27-,47-29-. The van der Waals surface area contributed by atoms with Crippen molar-refractivity contribution in [2.24, 2.45) is 0 Å². The maximum Gasteiger partial charge on any atom is 0.306 e. The van der Waals surface area contributed by atoms with E-state index in [0.717, 1.165) is 103 Å². The van der Waals surface area contributed by atoms with Crippen LogP contribution >= 0.6 is 0 Å². The Labute approximate surface area is 505 Å². The summed E-state index contributed by atoms with van der Waals surface area (Å²) in [5, 5.41) is 0. The van der Waals surface area contributed by atoms with E-state index < -0.39 is 6.10 Å². The topological polar surface area (TPSA) is 78.9 Å². The lowest BCUT2D eigenvalue weighted by Gasteiger charge is -2.18. The molecule has 81 heavy (non-hydrogen) atoms. The van der Waals surface area contributed by atoms with E-state index in [4.69, 9.17) is 14.2 Å². The van der Waals surface area contributed by atoms with Gasteiger partial charge in [0.15, 0.2) is 6.10 Å². The van der Waals surface area contributed by atoms with Crippen molar-refractivity contribution in [1.29, 1.82) is 0 Å². The third-order valence-corrected chi connectivity index (χ3v) is 16.3. The normalized spacial score (nSPS) is 12.3. The van der Waals surface area contributed by atoms with Gasteiger partial charge in [0, 0.05) is 19.3 Å². The molecule has 0 bridgehead atoms. The molecule has 1 unspecified atom stereocenters. The van der Waals surface area contributed by atoms with Crippen LogP contribution in [0.2, 0.25) is 0 Å². The average molecular weight is 1140 g/mol. The molecule has 0 fully saturated rings. The molecule has 0 rings (SSSR count). The Bertz CT molecular complexity index is 1400. The minimum absolute atomic E-state index is 0.0799. The van der Waals surface area contributed by atoms with Crippen molar-refractivity contribution in [2.75, 3.05) is 13.2 Å². The summed E-state index contributed by atoms with van der Waals surface area (Å²) in [6.07, 6.45) is 88.7. The Morgan fingerprint density at radius 1 is 0.247 bits per heavy atom. The predicted molar refractivity (Wildman–Crippen MR) is 353 cm³/mol. The van der Waals surface area contributed by atoms with Crippen LogP contribution in [0.4, 0.5) is 0 Å². The molecule has 0 spiro atoms. The number of esters is 3. The van der Waals surface area contributed by atoms with Crippen LogP contribution in [-0.2, 0) is 28.6 Å². The van der Waals surface area contributed by atoms with Gasteiger partial charge in [-0.15, -0.1) is 0 Å². The molecule has 0 radical (unpaired) electrons. The molecule has 474 valence electrons. The van der Waals surface area contributed by atoms with Gasteiger partial charge in [-0.2, -0.15) is 0 Å². The Balaban J connectivity index is 4.15. The van der Waals surface area contributed by atoms with Crippen molar-refractivity contribution in [2.45, 2.75) is 399 Å². The fraction of sp³-hybridized carbons (Fsp3) is 0.853. The number of carbonyl (C=O) groups is 3. The fourth-order valence-electron chi connectivity index (χ4n) is 10.9. The molecule has 0 aromatic rings. The Hall–Kier alpha value is -2.63. The number of unbranched alkanes of at least 4 members (excludes halogenated alkanes) is 48. The number of ether oxygens (including phenoxy) is 3. The monoisotopic (exact) mass is 1140 g/mol. The largest absolute Gasteiger partial charge is 0.462 e. The fourth-order valence-corrected chi connectivity index (χ4v) is 10.9. The molecule has 0 aliphatic carbocycles. The van der Waals surface area contributed by atoms with Crippen molar-refractivity contribution in [3.8, 4) is 0 Å². The predicted octanol–water partition coefficient (Wildman–Crippen LogP) is 24.9. The number of carbonyl (C=O) groups excluding carboxylic acids is 3. The van der Waals surface area contributed by atoms with Crippen molar-refractivity contribution in [3.05, 3.63) is 48.6 Å². The second-order valence-corrected chi connectivity index (χ2v) is 24.5. The minimum Gasteiger partial charge on any atom is -0.462 e. The molecule has 0 N–H and O–H groups in total. The van der Waals surface area contributed by atoms with Crippen molar-refractivity contribution in [1.82, 2.24) is 0 Å². The summed E-state index contributed by atoms with van der Waals surface area (Å²) < 4.78 is 17.0. The minimum atomic E-state index is -0.786. The molecule has 0 amide bonds. The van der Waals surface area contributed by atoms with E-state index in [9.17, 15) is 14.4 Å². The second kappa shape index (κ2) is 69.9. The first kappa shape index (κ1) is 78.4. The summed E-state index contributed by atoms with van der Waals surface area (Å²) in [7, 11) is 0. The zero-order chi connectivity index (χ0) is 58.5. The SMILES string of the molecule is CCCCC/C=C\C/C=C\CCCCCCCC(=O)OCC(COC(=O)CCCCCCCCCCCCCCCCCCCCCCCCCCCCCCCCCC)OC(=O)CCCCCCC/C=C\C/C=C\CCCCCC. The molecule has 0 aliphatic heterocycles. The first-order valence-corrected chi connectivity index (χ1v) is 36.1. The second-order valence-electron chi connectivity index (χ2n) is 24.5. The Morgan fingerprint density at radius 2 is 0.444 bits per heavy atom. The van der Waals surface area contributed by atoms with Crippen molar-refractivity contribution < 1.29 is 28.6 Å². The maximum atomic E-state index is 12.9. The van der Waals surface area contributed by atoms with E-state index in [0.29, 0.717) is 19.3 Å². The van der Waals surface area contributed by atoms with Crippen LogP contribution in [0.5, 0.6) is 0 Å². The van der Waals surface area contributed by atoms with E-state index in [-0.39, 0.29) is 31.1 Å². The van der Waals surface area contributed by atoms with Crippen molar-refractivity contribution in [3.63, 3.8) is 0 Å². The summed E-state index contributed by atoms with van der Waals surface area (Å²) >= 11 is 0. The van der Waals surface area contributed by atoms with Gasteiger partial charge in [0.25, 0.3) is 0 Å². The Kier molecular flexibility index (Phi) is 67.6. The quantitative estimate of drug-likeness (QED) is 0.0261. The molecule has 0 aromatic carbocycles. The van der Waals surface area contributed by atoms with Gasteiger partial charge in [-0.05, 0) is 83.5 Å². The third-order valence-electron chi connectivity index (χ3n) is 16.3. The molecule has 0 aromatic heterocycles. The highest BCUT2D eigenvalue weighted by atomic mass is 16.6. The highest BCUT2D eigenvalue weighted by Crippen LogP contribution is 2.19. The molecule has 1 atom stereocenters. The van der Waals surface area contributed by atoms with Gasteiger partial charge < -0.3 is 14.2 Å². The summed E-state index contributed by atoms with van der Waals surface area (Å²) in [4.78, 5) is 38.4. The molecule has 0 saturated carbocycles. The molecular formula is C75H138O6. The van der Waals surface area contributed by atoms with Crippen LogP contribution < -0.4 is 0 Å². The van der Waals surface area contributed by atoms with Crippen LogP contribution in [0.25, 0.3) is 0 Å². The zero-order valence-corrected chi connectivity index (χ0v) is 54.6. The number of rotatable bonds is 67. The molecule has 0 saturated heterocycles. The van der Waals surface area contributed by atoms with Gasteiger partial charge in [-0.1, -0.05) is 339 Å². The van der Waals surface area contributed by atoms with Gasteiger partial charge >= 0.3 is 17.9 Å². The molecule has 6 nitrogen and oxygen atoms in total. The van der Waals surface area contributed by atoms with Gasteiger partial charge in [-0.25, -0.2) is 0 Å². The third kappa shape index (κ3) is 68.0. The van der Waals surface area contributed by atoms with E-state index in [1.165, 1.54) is 250 Å². The Morgan fingerprint density at radius 3 is 0.716 bits per heavy atom. The average Bonchev–Trinajstić information content (AvgIpc) is 3.47. The van der Waals surface area contributed by atoms with Gasteiger partial charge in [0.05, 0.1) is 0 Å². The van der Waals surface area contributed by atoms with E-state index in [2.05, 4.69) is 69.4 Å². The molecule has 6 heteroatoms. The molecular weight excluding hydrogens is 997 g/mol. The van der Waals surface area contributed by atoms with Crippen molar-refractivity contribution >= 4 is 17.9 Å². The van der Waals surface area contributed by atoms with Gasteiger partial charge in [0.2, 0.25) is 0 Å². The van der Waals surface area contributed by atoms with Crippen LogP contribution in [0.1, 0.15) is 393 Å². The molecule has 0 heterocycles. The molecule has 0 aliphatic rings. The van der Waals surface area contributed by atoms with E-state index in [1.54, 1.807) is 0 Å². The smallest absolute Gasteiger partial charge is 0.306 e. The zero-order valence-electron chi connectivity index (χ0n) is 54.6. The lowest BCUT2D eigenvalue weighted by molar-refractivity contribution is -0.167. The summed E-state index contributed by atoms with van der Waals surface area (Å²) in [5.41, 5.74) is 0. The summed E-state index contributed by atoms with van der Waals surface area (Å²) in [5.74, 6) is -0.885.